The van der Waals surface area contributed by atoms with Gasteiger partial charge in [0.1, 0.15) is 6.04 Å². The SMILES string of the molecule is CSc1ccc(-c2ccc(=O)n(C3CCc4ccccc4NC3=O)n2)cc1. The molecule has 0 bridgehead atoms. The van der Waals surface area contributed by atoms with E-state index in [0.717, 1.165) is 21.7 Å². The molecule has 0 saturated heterocycles. The van der Waals surface area contributed by atoms with E-state index in [1.807, 2.05) is 54.8 Å². The summed E-state index contributed by atoms with van der Waals surface area (Å²) in [5.41, 5.74) is 3.20. The summed E-state index contributed by atoms with van der Waals surface area (Å²) in [6, 6.07) is 18.3. The molecule has 4 rings (SSSR count). The maximum Gasteiger partial charge on any atom is 0.267 e. The number of carbonyl (C=O) groups excluding carboxylic acids is 1. The fraction of sp³-hybridized carbons (Fsp3) is 0.190. The zero-order chi connectivity index (χ0) is 18.8. The molecule has 0 aliphatic carbocycles. The molecule has 6 heteroatoms. The molecular weight excluding hydrogens is 358 g/mol. The van der Waals surface area contributed by atoms with Gasteiger partial charge in [0.2, 0.25) is 5.91 Å². The monoisotopic (exact) mass is 377 g/mol. The molecule has 1 amide bonds. The van der Waals surface area contributed by atoms with Crippen molar-refractivity contribution in [3.63, 3.8) is 0 Å². The number of aryl methyl sites for hydroxylation is 1. The molecule has 27 heavy (non-hydrogen) atoms. The molecule has 0 radical (unpaired) electrons. The highest BCUT2D eigenvalue weighted by Crippen LogP contribution is 2.26. The second kappa shape index (κ2) is 7.40. The molecule has 1 N–H and O–H groups in total. The van der Waals surface area contributed by atoms with E-state index in [9.17, 15) is 9.59 Å². The van der Waals surface area contributed by atoms with Crippen molar-refractivity contribution in [1.82, 2.24) is 9.78 Å². The maximum absolute atomic E-state index is 12.7. The summed E-state index contributed by atoms with van der Waals surface area (Å²) in [7, 11) is 0. The largest absolute Gasteiger partial charge is 0.324 e. The summed E-state index contributed by atoms with van der Waals surface area (Å²) >= 11 is 1.67. The summed E-state index contributed by atoms with van der Waals surface area (Å²) in [6.07, 6.45) is 3.26. The Hall–Kier alpha value is -2.86. The highest BCUT2D eigenvalue weighted by Gasteiger charge is 2.26. The second-order valence-corrected chi connectivity index (χ2v) is 7.31. The number of thioether (sulfide) groups is 1. The predicted molar refractivity (Wildman–Crippen MR) is 108 cm³/mol. The van der Waals surface area contributed by atoms with E-state index < -0.39 is 6.04 Å². The molecule has 1 aliphatic heterocycles. The topological polar surface area (TPSA) is 64.0 Å². The van der Waals surface area contributed by atoms with Gasteiger partial charge in [-0.2, -0.15) is 5.10 Å². The summed E-state index contributed by atoms with van der Waals surface area (Å²) in [5.74, 6) is -0.204. The van der Waals surface area contributed by atoms with Crippen LogP contribution in [0.4, 0.5) is 5.69 Å². The zero-order valence-electron chi connectivity index (χ0n) is 14.9. The van der Waals surface area contributed by atoms with Crippen LogP contribution < -0.4 is 10.9 Å². The van der Waals surface area contributed by atoms with Gasteiger partial charge >= 0.3 is 0 Å². The normalized spacial score (nSPS) is 16.3. The van der Waals surface area contributed by atoms with Crippen LogP contribution in [0.1, 0.15) is 18.0 Å². The van der Waals surface area contributed by atoms with Crippen molar-refractivity contribution in [3.05, 3.63) is 76.6 Å². The fourth-order valence-corrected chi connectivity index (χ4v) is 3.71. The van der Waals surface area contributed by atoms with E-state index in [0.29, 0.717) is 18.5 Å². The van der Waals surface area contributed by atoms with Crippen molar-refractivity contribution in [2.24, 2.45) is 0 Å². The number of fused-ring (bicyclic) bond motifs is 1. The van der Waals surface area contributed by atoms with E-state index in [-0.39, 0.29) is 11.5 Å². The first-order chi connectivity index (χ1) is 13.2. The van der Waals surface area contributed by atoms with Crippen LogP contribution in [-0.2, 0) is 11.2 Å². The predicted octanol–water partition coefficient (Wildman–Crippen LogP) is 3.76. The Morgan fingerprint density at radius 3 is 2.59 bits per heavy atom. The molecule has 1 unspecified atom stereocenters. The number of carbonyl (C=O) groups is 1. The molecule has 0 saturated carbocycles. The first-order valence-electron chi connectivity index (χ1n) is 8.79. The van der Waals surface area contributed by atoms with Crippen LogP contribution in [0.25, 0.3) is 11.3 Å². The summed E-state index contributed by atoms with van der Waals surface area (Å²) in [4.78, 5) is 26.4. The third kappa shape index (κ3) is 3.53. The lowest BCUT2D eigenvalue weighted by atomic mass is 10.1. The smallest absolute Gasteiger partial charge is 0.267 e. The van der Waals surface area contributed by atoms with E-state index >= 15 is 0 Å². The van der Waals surface area contributed by atoms with Crippen LogP contribution in [-0.4, -0.2) is 21.9 Å². The first-order valence-corrected chi connectivity index (χ1v) is 10.0. The summed E-state index contributed by atoms with van der Waals surface area (Å²) in [5, 5.41) is 7.44. The number of hydrogen-bond donors (Lipinski definition) is 1. The highest BCUT2D eigenvalue weighted by atomic mass is 32.2. The average Bonchev–Trinajstić information content (AvgIpc) is 2.87. The summed E-state index contributed by atoms with van der Waals surface area (Å²) < 4.78 is 1.32. The van der Waals surface area contributed by atoms with E-state index in [1.54, 1.807) is 17.8 Å². The lowest BCUT2D eigenvalue weighted by Crippen LogP contribution is -2.34. The molecule has 0 spiro atoms. The first kappa shape index (κ1) is 17.5. The minimum absolute atomic E-state index is 0.204. The van der Waals surface area contributed by atoms with Crippen LogP contribution in [0, 0.1) is 0 Å². The van der Waals surface area contributed by atoms with Crippen molar-refractivity contribution in [2.45, 2.75) is 23.8 Å². The van der Waals surface area contributed by atoms with Gasteiger partial charge in [-0.05, 0) is 48.9 Å². The number of nitrogens with one attached hydrogen (secondary N) is 1. The number of rotatable bonds is 3. The number of para-hydroxylation sites is 1. The van der Waals surface area contributed by atoms with Crippen LogP contribution >= 0.6 is 11.8 Å². The van der Waals surface area contributed by atoms with E-state index in [1.165, 1.54) is 10.7 Å². The number of aromatic nitrogens is 2. The van der Waals surface area contributed by atoms with Gasteiger partial charge in [0, 0.05) is 22.2 Å². The maximum atomic E-state index is 12.7. The second-order valence-electron chi connectivity index (χ2n) is 6.43. The third-order valence-corrected chi connectivity index (χ3v) is 5.51. The zero-order valence-corrected chi connectivity index (χ0v) is 15.7. The van der Waals surface area contributed by atoms with Crippen molar-refractivity contribution < 1.29 is 4.79 Å². The van der Waals surface area contributed by atoms with Gasteiger partial charge in [-0.3, -0.25) is 9.59 Å². The lowest BCUT2D eigenvalue weighted by molar-refractivity contribution is -0.119. The van der Waals surface area contributed by atoms with Gasteiger partial charge in [0.15, 0.2) is 0 Å². The van der Waals surface area contributed by atoms with Crippen molar-refractivity contribution >= 4 is 23.4 Å². The van der Waals surface area contributed by atoms with E-state index in [4.69, 9.17) is 0 Å². The molecule has 5 nitrogen and oxygen atoms in total. The van der Waals surface area contributed by atoms with Gasteiger partial charge in [-0.25, -0.2) is 4.68 Å². The van der Waals surface area contributed by atoms with Crippen LogP contribution in [0.5, 0.6) is 0 Å². The lowest BCUT2D eigenvalue weighted by Gasteiger charge is -2.16. The number of nitrogens with zero attached hydrogens (tertiary/aromatic N) is 2. The minimum atomic E-state index is -0.629. The van der Waals surface area contributed by atoms with Gasteiger partial charge in [-0.1, -0.05) is 30.3 Å². The standard InChI is InChI=1S/C21H19N3O2S/c1-27-16-9-6-15(7-10-16)18-11-13-20(25)24(23-18)19-12-8-14-4-2-3-5-17(14)22-21(19)26/h2-7,9-11,13,19H,8,12H2,1H3,(H,22,26). The Kier molecular flexibility index (Phi) is 4.81. The fourth-order valence-electron chi connectivity index (χ4n) is 3.30. The van der Waals surface area contributed by atoms with Gasteiger partial charge < -0.3 is 5.32 Å². The highest BCUT2D eigenvalue weighted by molar-refractivity contribution is 7.98. The van der Waals surface area contributed by atoms with Gasteiger partial charge in [0.25, 0.3) is 5.56 Å². The number of benzene rings is 2. The Morgan fingerprint density at radius 1 is 1.04 bits per heavy atom. The molecule has 1 aromatic heterocycles. The Labute approximate surface area is 161 Å². The number of hydrogen-bond acceptors (Lipinski definition) is 4. The Morgan fingerprint density at radius 2 is 1.81 bits per heavy atom. The molecular formula is C21H19N3O2S. The molecule has 1 atom stereocenters. The number of amides is 1. The van der Waals surface area contributed by atoms with Crippen LogP contribution in [0.15, 0.2) is 70.4 Å². The van der Waals surface area contributed by atoms with Crippen molar-refractivity contribution in [3.8, 4) is 11.3 Å². The van der Waals surface area contributed by atoms with Crippen LogP contribution in [0.3, 0.4) is 0 Å². The Bertz CT molecular complexity index is 1040. The van der Waals surface area contributed by atoms with E-state index in [2.05, 4.69) is 10.4 Å². The average molecular weight is 377 g/mol. The minimum Gasteiger partial charge on any atom is -0.324 e. The van der Waals surface area contributed by atoms with Crippen molar-refractivity contribution in [2.75, 3.05) is 11.6 Å². The summed E-state index contributed by atoms with van der Waals surface area (Å²) in [6.45, 7) is 0. The van der Waals surface area contributed by atoms with Gasteiger partial charge in [-0.15, -0.1) is 11.8 Å². The van der Waals surface area contributed by atoms with Gasteiger partial charge in [0.05, 0.1) is 5.69 Å². The molecule has 0 fully saturated rings. The molecule has 1 aliphatic rings. The molecule has 2 aromatic carbocycles. The third-order valence-electron chi connectivity index (χ3n) is 4.77. The molecule has 3 aromatic rings. The molecule has 2 heterocycles. The van der Waals surface area contributed by atoms with Crippen molar-refractivity contribution in [1.29, 1.82) is 0 Å². The van der Waals surface area contributed by atoms with Crippen LogP contribution in [0.2, 0.25) is 0 Å². The quantitative estimate of drug-likeness (QED) is 0.706. The molecule has 136 valence electrons. The number of anilines is 1. The Balaban J connectivity index is 1.69.